The van der Waals surface area contributed by atoms with Crippen LogP contribution in [0.25, 0.3) is 12.8 Å². The van der Waals surface area contributed by atoms with Crippen LogP contribution in [0, 0.1) is 13.8 Å². The van der Waals surface area contributed by atoms with Crippen LogP contribution in [0.3, 0.4) is 0 Å². The molecular weight excluding hydrogens is 338 g/mol. The van der Waals surface area contributed by atoms with Crippen molar-refractivity contribution in [3.63, 3.8) is 0 Å². The Morgan fingerprint density at radius 1 is 1.44 bits per heavy atom. The molecule has 1 atom stereocenters. The second-order valence-electron chi connectivity index (χ2n) is 6.01. The summed E-state index contributed by atoms with van der Waals surface area (Å²) in [6.07, 6.45) is 1.30. The number of phenols is 1. The van der Waals surface area contributed by atoms with E-state index in [0.717, 1.165) is 21.3 Å². The lowest BCUT2D eigenvalue weighted by Gasteiger charge is -2.18. The zero-order chi connectivity index (χ0) is 18.6. The van der Waals surface area contributed by atoms with Crippen molar-refractivity contribution in [2.24, 2.45) is 0 Å². The van der Waals surface area contributed by atoms with E-state index in [2.05, 4.69) is 16.9 Å². The van der Waals surface area contributed by atoms with Gasteiger partial charge in [-0.2, -0.15) is 0 Å². The highest BCUT2D eigenvalue weighted by molar-refractivity contribution is 7.13. The van der Waals surface area contributed by atoms with E-state index in [-0.39, 0.29) is 12.4 Å². The Hall–Kier alpha value is -2.09. The lowest BCUT2D eigenvalue weighted by molar-refractivity contribution is 0.0727. The molecule has 0 bridgehead atoms. The highest BCUT2D eigenvalue weighted by Crippen LogP contribution is 2.31. The Labute approximate surface area is 151 Å². The Morgan fingerprint density at radius 2 is 2.16 bits per heavy atom. The van der Waals surface area contributed by atoms with Crippen molar-refractivity contribution < 1.29 is 14.9 Å². The van der Waals surface area contributed by atoms with Crippen LogP contribution < -0.4 is 20.1 Å². The van der Waals surface area contributed by atoms with Gasteiger partial charge in [0.15, 0.2) is 5.13 Å². The van der Waals surface area contributed by atoms with E-state index in [1.54, 1.807) is 13.2 Å². The molecule has 0 spiro atoms. The first-order chi connectivity index (χ1) is 11.8. The zero-order valence-corrected chi connectivity index (χ0v) is 15.9. The van der Waals surface area contributed by atoms with Gasteiger partial charge in [0, 0.05) is 26.9 Å². The summed E-state index contributed by atoms with van der Waals surface area (Å²) in [5, 5.41) is 24.4. The minimum atomic E-state index is -0.593. The molecular formula is C18H25N3O3S. The summed E-state index contributed by atoms with van der Waals surface area (Å²) < 4.78 is 5.78. The molecule has 2 rings (SSSR count). The number of methoxy groups -OCH3 is 1. The van der Waals surface area contributed by atoms with E-state index < -0.39 is 6.10 Å². The summed E-state index contributed by atoms with van der Waals surface area (Å²) in [7, 11) is 3.43. The highest BCUT2D eigenvalue weighted by atomic mass is 32.1. The zero-order valence-electron chi connectivity index (χ0n) is 15.0. The topological polar surface area (TPSA) is 77.9 Å². The predicted molar refractivity (Wildman–Crippen MR) is 104 cm³/mol. The van der Waals surface area contributed by atoms with Crippen molar-refractivity contribution in [2.45, 2.75) is 20.0 Å². The molecule has 0 saturated carbocycles. The summed E-state index contributed by atoms with van der Waals surface area (Å²) >= 11 is 1.44. The number of phenolic OH excluding ortho intramolecular Hbond substituents is 1. The molecule has 6 nitrogen and oxygen atoms in total. The Balaban J connectivity index is 2.23. The fraction of sp³-hybridized carbons (Fsp3) is 0.389. The van der Waals surface area contributed by atoms with Crippen molar-refractivity contribution in [1.29, 1.82) is 0 Å². The number of ether oxygens (including phenoxy) is 1. The molecule has 1 aromatic carbocycles. The molecule has 0 aliphatic heterocycles. The predicted octanol–water partition coefficient (Wildman–Crippen LogP) is 1.17. The molecule has 0 aliphatic carbocycles. The van der Waals surface area contributed by atoms with Gasteiger partial charge in [-0.05, 0) is 31.0 Å². The number of aromatic nitrogens is 1. The van der Waals surface area contributed by atoms with Crippen molar-refractivity contribution in [3.8, 4) is 5.75 Å². The molecule has 0 amide bonds. The van der Waals surface area contributed by atoms with E-state index in [0.29, 0.717) is 17.0 Å². The maximum Gasteiger partial charge on any atom is 0.183 e. The number of aliphatic hydroxyl groups excluding tert-OH is 1. The van der Waals surface area contributed by atoms with Crippen molar-refractivity contribution in [3.05, 3.63) is 33.1 Å². The third kappa shape index (κ3) is 4.94. The number of aryl methyl sites for hydroxylation is 2. The molecule has 136 valence electrons. The molecule has 0 saturated heterocycles. The third-order valence-corrected chi connectivity index (χ3v) is 4.65. The molecule has 1 unspecified atom stereocenters. The molecule has 0 fully saturated rings. The van der Waals surface area contributed by atoms with Gasteiger partial charge >= 0.3 is 0 Å². The molecule has 2 aromatic rings. The number of rotatable bonds is 7. The van der Waals surface area contributed by atoms with Crippen LogP contribution in [0.2, 0.25) is 0 Å². The van der Waals surface area contributed by atoms with Gasteiger partial charge in [0.25, 0.3) is 0 Å². The van der Waals surface area contributed by atoms with Crippen LogP contribution in [0.5, 0.6) is 5.75 Å². The molecule has 25 heavy (non-hydrogen) atoms. The van der Waals surface area contributed by atoms with Gasteiger partial charge in [-0.15, -0.1) is 0 Å². The first kappa shape index (κ1) is 19.2. The van der Waals surface area contributed by atoms with Crippen LogP contribution in [0.15, 0.2) is 12.1 Å². The number of thiazole rings is 1. The first-order valence-electron chi connectivity index (χ1n) is 7.93. The SMILES string of the molecule is C=c1nc(NCC(O)COC)s/c1=C/N(C)c1c(C)cc(C)cc1O. The number of hydrogen-bond donors (Lipinski definition) is 3. The van der Waals surface area contributed by atoms with Crippen LogP contribution in [0.1, 0.15) is 11.1 Å². The Morgan fingerprint density at radius 3 is 2.80 bits per heavy atom. The van der Waals surface area contributed by atoms with Gasteiger partial charge in [0.05, 0.1) is 28.3 Å². The van der Waals surface area contributed by atoms with Gasteiger partial charge in [-0.1, -0.05) is 24.0 Å². The number of aliphatic hydroxyl groups is 1. The maximum absolute atomic E-state index is 10.2. The van der Waals surface area contributed by atoms with Crippen LogP contribution in [-0.2, 0) is 4.74 Å². The average Bonchev–Trinajstić information content (AvgIpc) is 2.84. The molecule has 3 N–H and O–H groups in total. The van der Waals surface area contributed by atoms with Crippen molar-refractivity contribution in [1.82, 2.24) is 4.98 Å². The average molecular weight is 363 g/mol. The summed E-state index contributed by atoms with van der Waals surface area (Å²) in [6, 6.07) is 3.77. The van der Waals surface area contributed by atoms with E-state index >= 15 is 0 Å². The fourth-order valence-corrected chi connectivity index (χ4v) is 3.53. The fourth-order valence-electron chi connectivity index (χ4n) is 2.63. The second kappa shape index (κ2) is 8.33. The smallest absolute Gasteiger partial charge is 0.183 e. The number of aromatic hydroxyl groups is 1. The van der Waals surface area contributed by atoms with Crippen LogP contribution in [-0.4, -0.2) is 48.6 Å². The largest absolute Gasteiger partial charge is 0.506 e. The normalized spacial score (nSPS) is 13.1. The van der Waals surface area contributed by atoms with Crippen molar-refractivity contribution in [2.75, 3.05) is 37.5 Å². The van der Waals surface area contributed by atoms with Crippen LogP contribution >= 0.6 is 11.3 Å². The van der Waals surface area contributed by atoms with E-state index in [1.165, 1.54) is 11.3 Å². The van der Waals surface area contributed by atoms with E-state index in [1.807, 2.05) is 38.1 Å². The van der Waals surface area contributed by atoms with Crippen molar-refractivity contribution >= 4 is 34.9 Å². The van der Waals surface area contributed by atoms with Gasteiger partial charge in [-0.25, -0.2) is 4.98 Å². The maximum atomic E-state index is 10.2. The monoisotopic (exact) mass is 363 g/mol. The highest BCUT2D eigenvalue weighted by Gasteiger charge is 2.10. The number of benzene rings is 1. The number of hydrogen-bond acceptors (Lipinski definition) is 7. The molecule has 7 heteroatoms. The van der Waals surface area contributed by atoms with E-state index in [4.69, 9.17) is 4.74 Å². The Kier molecular flexibility index (Phi) is 6.41. The lowest BCUT2D eigenvalue weighted by Crippen LogP contribution is -2.25. The molecule has 1 heterocycles. The molecule has 0 radical (unpaired) electrons. The second-order valence-corrected chi connectivity index (χ2v) is 7.04. The van der Waals surface area contributed by atoms with Gasteiger partial charge in [0.1, 0.15) is 5.75 Å². The standard InChI is InChI=1S/C18H25N3O3S/c1-11-6-12(2)17(15(23)7-11)21(4)9-16-13(3)20-18(25-16)19-8-14(22)10-24-5/h6-7,9,14,22-23H,3,8,10H2,1-2,4-5H3,(H,19,20)/b16-9+. The number of nitrogens with one attached hydrogen (secondary N) is 1. The minimum absolute atomic E-state index is 0.243. The Bertz CT molecular complexity index is 812. The van der Waals surface area contributed by atoms with Gasteiger partial charge in [0.2, 0.25) is 0 Å². The summed E-state index contributed by atoms with van der Waals surface area (Å²) in [5.41, 5.74) is 2.76. The summed E-state index contributed by atoms with van der Waals surface area (Å²) in [5.74, 6) is 0.243. The summed E-state index contributed by atoms with van der Waals surface area (Å²) in [6.45, 7) is 8.50. The van der Waals surface area contributed by atoms with Gasteiger partial charge < -0.3 is 25.2 Å². The third-order valence-electron chi connectivity index (χ3n) is 3.66. The molecule has 0 aliphatic rings. The minimum Gasteiger partial charge on any atom is -0.506 e. The first-order valence-corrected chi connectivity index (χ1v) is 8.75. The quantitative estimate of drug-likeness (QED) is 0.685. The number of nitrogens with zero attached hydrogens (tertiary/aromatic N) is 2. The number of anilines is 2. The summed E-state index contributed by atoms with van der Waals surface area (Å²) in [4.78, 5) is 6.24. The molecule has 1 aromatic heterocycles. The van der Waals surface area contributed by atoms with Gasteiger partial charge in [-0.3, -0.25) is 0 Å². The van der Waals surface area contributed by atoms with E-state index in [9.17, 15) is 10.2 Å². The van der Waals surface area contributed by atoms with Crippen LogP contribution in [0.4, 0.5) is 10.8 Å². The lowest BCUT2D eigenvalue weighted by atomic mass is 10.1.